The van der Waals surface area contributed by atoms with Gasteiger partial charge in [0.05, 0.1) is 11.4 Å². The predicted molar refractivity (Wildman–Crippen MR) is 44.6 cm³/mol. The lowest BCUT2D eigenvalue weighted by Gasteiger charge is -2.39. The van der Waals surface area contributed by atoms with E-state index >= 15 is 0 Å². The summed E-state index contributed by atoms with van der Waals surface area (Å²) in [6.45, 7) is 0. The predicted octanol–water partition coefficient (Wildman–Crippen LogP) is -1.94. The lowest BCUT2D eigenvalue weighted by molar-refractivity contribution is -0.171. The van der Waals surface area contributed by atoms with Crippen LogP contribution in [0.15, 0.2) is 0 Å². The number of aliphatic hydroxyl groups is 4. The highest BCUT2D eigenvalue weighted by atomic mass is 32.2. The van der Waals surface area contributed by atoms with Gasteiger partial charge in [-0.15, -0.1) is 11.8 Å². The summed E-state index contributed by atoms with van der Waals surface area (Å²) >= 11 is 1.22. The Morgan fingerprint density at radius 3 is 2.23 bits per heavy atom. The zero-order valence-electron chi connectivity index (χ0n) is 6.65. The fourth-order valence-corrected chi connectivity index (χ4v) is 2.68. The largest absolute Gasteiger partial charge is 0.389 e. The SMILES string of the molecule is OC1C(O)C(O)C2S[CH]OC2C1O. The maximum Gasteiger partial charge on any atom is 0.139 e. The molecule has 6 atom stereocenters. The molecule has 1 radical (unpaired) electrons. The summed E-state index contributed by atoms with van der Waals surface area (Å²) in [4.78, 5) is 0. The van der Waals surface area contributed by atoms with Gasteiger partial charge in [-0.05, 0) is 0 Å². The van der Waals surface area contributed by atoms with Gasteiger partial charge in [0.25, 0.3) is 0 Å². The number of rotatable bonds is 0. The Hall–Kier alpha value is 0.150. The van der Waals surface area contributed by atoms with E-state index in [1.165, 1.54) is 17.7 Å². The molecule has 1 heterocycles. The lowest BCUT2D eigenvalue weighted by Crippen LogP contribution is -2.61. The van der Waals surface area contributed by atoms with E-state index in [2.05, 4.69) is 0 Å². The van der Waals surface area contributed by atoms with E-state index in [0.717, 1.165) is 0 Å². The third kappa shape index (κ3) is 1.38. The Kier molecular flexibility index (Phi) is 2.52. The molecule has 2 aliphatic rings. The molecule has 1 saturated carbocycles. The highest BCUT2D eigenvalue weighted by molar-refractivity contribution is 8.02. The molecule has 0 bridgehead atoms. The van der Waals surface area contributed by atoms with Gasteiger partial charge < -0.3 is 25.2 Å². The van der Waals surface area contributed by atoms with Gasteiger partial charge in [0.2, 0.25) is 0 Å². The van der Waals surface area contributed by atoms with E-state index < -0.39 is 35.8 Å². The molecule has 5 nitrogen and oxygen atoms in total. The van der Waals surface area contributed by atoms with Crippen LogP contribution in [0.25, 0.3) is 0 Å². The molecule has 0 aromatic rings. The second-order valence-corrected chi connectivity index (χ2v) is 4.27. The lowest BCUT2D eigenvalue weighted by atomic mass is 9.87. The van der Waals surface area contributed by atoms with Crippen molar-refractivity contribution in [1.82, 2.24) is 0 Å². The Balaban J connectivity index is 2.19. The third-order valence-electron chi connectivity index (χ3n) is 2.47. The summed E-state index contributed by atoms with van der Waals surface area (Å²) in [5.41, 5.74) is 0. The minimum atomic E-state index is -1.34. The van der Waals surface area contributed by atoms with E-state index in [1.807, 2.05) is 0 Å². The molecule has 1 aliphatic carbocycles. The van der Waals surface area contributed by atoms with Crippen LogP contribution in [0.5, 0.6) is 0 Å². The summed E-state index contributed by atoms with van der Waals surface area (Å²) in [5.74, 6) is 1.41. The Labute approximate surface area is 79.3 Å². The smallest absolute Gasteiger partial charge is 0.139 e. The molecule has 1 aliphatic heterocycles. The molecule has 0 amide bonds. The third-order valence-corrected chi connectivity index (χ3v) is 3.56. The normalized spacial score (nSPS) is 56.3. The van der Waals surface area contributed by atoms with Gasteiger partial charge in [0.1, 0.15) is 30.4 Å². The van der Waals surface area contributed by atoms with Crippen LogP contribution >= 0.6 is 11.8 Å². The first-order valence-corrected chi connectivity index (χ1v) is 4.92. The van der Waals surface area contributed by atoms with E-state index in [-0.39, 0.29) is 0 Å². The second kappa shape index (κ2) is 3.38. The molecule has 6 heteroatoms. The average molecular weight is 207 g/mol. The van der Waals surface area contributed by atoms with Gasteiger partial charge in [-0.25, -0.2) is 0 Å². The van der Waals surface area contributed by atoms with Crippen LogP contribution in [0.3, 0.4) is 0 Å². The standard InChI is InChI=1S/C7H11O5S/c8-2-3(9)5(11)7-6(4(2)10)12-1-13-7/h1-11H. The highest BCUT2D eigenvalue weighted by Gasteiger charge is 2.52. The zero-order valence-corrected chi connectivity index (χ0v) is 7.46. The van der Waals surface area contributed by atoms with Crippen molar-refractivity contribution in [1.29, 1.82) is 0 Å². The molecule has 0 spiro atoms. The fraction of sp³-hybridized carbons (Fsp3) is 0.857. The van der Waals surface area contributed by atoms with Gasteiger partial charge in [0.15, 0.2) is 0 Å². The van der Waals surface area contributed by atoms with Crippen molar-refractivity contribution < 1.29 is 25.2 Å². The number of hydrogen-bond acceptors (Lipinski definition) is 6. The maximum atomic E-state index is 9.49. The number of hydrogen-bond donors (Lipinski definition) is 4. The quantitative estimate of drug-likeness (QED) is 0.369. The minimum absolute atomic E-state index is 0.395. The van der Waals surface area contributed by atoms with Crippen LogP contribution in [-0.2, 0) is 4.74 Å². The monoisotopic (exact) mass is 207 g/mol. The molecule has 75 valence electrons. The molecule has 2 rings (SSSR count). The van der Waals surface area contributed by atoms with Crippen molar-refractivity contribution in [3.63, 3.8) is 0 Å². The van der Waals surface area contributed by atoms with Gasteiger partial charge in [-0.2, -0.15) is 0 Å². The number of fused-ring (bicyclic) bond motifs is 1. The van der Waals surface area contributed by atoms with Crippen LogP contribution in [0.2, 0.25) is 0 Å². The van der Waals surface area contributed by atoms with Gasteiger partial charge in [-0.1, -0.05) is 0 Å². The summed E-state index contributed by atoms with van der Waals surface area (Å²) in [6, 6.07) is 0. The number of thioether (sulfide) groups is 1. The number of aliphatic hydroxyl groups excluding tert-OH is 4. The van der Waals surface area contributed by atoms with Crippen molar-refractivity contribution in [2.24, 2.45) is 0 Å². The molecule has 13 heavy (non-hydrogen) atoms. The fourth-order valence-electron chi connectivity index (χ4n) is 1.66. The van der Waals surface area contributed by atoms with Crippen LogP contribution in [0, 0.1) is 5.94 Å². The molecule has 4 N–H and O–H groups in total. The van der Waals surface area contributed by atoms with Gasteiger partial charge >= 0.3 is 0 Å². The van der Waals surface area contributed by atoms with Crippen molar-refractivity contribution in [2.45, 2.75) is 35.8 Å². The summed E-state index contributed by atoms with van der Waals surface area (Å²) < 4.78 is 5.02. The van der Waals surface area contributed by atoms with E-state index in [9.17, 15) is 20.4 Å². The Morgan fingerprint density at radius 2 is 1.54 bits per heavy atom. The molecular formula is C7H11O5S. The first kappa shape index (κ1) is 9.70. The summed E-state index contributed by atoms with van der Waals surface area (Å²) in [6.07, 6.45) is -5.48. The molecule has 0 aromatic heterocycles. The van der Waals surface area contributed by atoms with Crippen LogP contribution in [-0.4, -0.2) is 56.2 Å². The highest BCUT2D eigenvalue weighted by Crippen LogP contribution is 2.39. The second-order valence-electron chi connectivity index (χ2n) is 3.26. The van der Waals surface area contributed by atoms with Crippen molar-refractivity contribution >= 4 is 11.8 Å². The topological polar surface area (TPSA) is 90.2 Å². The maximum absolute atomic E-state index is 9.49. The molecular weight excluding hydrogens is 196 g/mol. The van der Waals surface area contributed by atoms with Gasteiger partial charge in [-0.3, -0.25) is 0 Å². The zero-order chi connectivity index (χ0) is 9.59. The van der Waals surface area contributed by atoms with Crippen LogP contribution in [0.4, 0.5) is 0 Å². The van der Waals surface area contributed by atoms with Crippen LogP contribution < -0.4 is 0 Å². The summed E-state index contributed by atoms with van der Waals surface area (Å²) in [7, 11) is 0. The molecule has 6 unspecified atom stereocenters. The molecule has 1 saturated heterocycles. The first-order valence-electron chi connectivity index (χ1n) is 3.98. The van der Waals surface area contributed by atoms with Crippen molar-refractivity contribution in [3.8, 4) is 0 Å². The van der Waals surface area contributed by atoms with Gasteiger partial charge in [0, 0.05) is 0 Å². The Morgan fingerprint density at radius 1 is 0.923 bits per heavy atom. The molecule has 2 fully saturated rings. The molecule has 0 aromatic carbocycles. The van der Waals surface area contributed by atoms with E-state index in [4.69, 9.17) is 4.74 Å². The first-order chi connectivity index (χ1) is 6.13. The minimum Gasteiger partial charge on any atom is -0.389 e. The Bertz CT molecular complexity index is 181. The van der Waals surface area contributed by atoms with Crippen molar-refractivity contribution in [3.05, 3.63) is 5.94 Å². The van der Waals surface area contributed by atoms with E-state index in [0.29, 0.717) is 0 Å². The summed E-state index contributed by atoms with van der Waals surface area (Å²) in [5, 5.41) is 37.2. The average Bonchev–Trinajstić information content (AvgIpc) is 2.59. The van der Waals surface area contributed by atoms with Crippen LogP contribution in [0.1, 0.15) is 0 Å². The van der Waals surface area contributed by atoms with Crippen molar-refractivity contribution in [2.75, 3.05) is 0 Å². The number of ether oxygens (including phenoxy) is 1. The van der Waals surface area contributed by atoms with E-state index in [1.54, 1.807) is 0 Å².